The van der Waals surface area contributed by atoms with Crippen LogP contribution >= 0.6 is 0 Å². The maximum absolute atomic E-state index is 12.4. The quantitative estimate of drug-likeness (QED) is 0.859. The highest BCUT2D eigenvalue weighted by atomic mass is 16.5. The summed E-state index contributed by atoms with van der Waals surface area (Å²) >= 11 is 0. The molecule has 0 spiro atoms. The van der Waals surface area contributed by atoms with Crippen LogP contribution in [-0.4, -0.2) is 52.8 Å². The molecule has 7 nitrogen and oxygen atoms in total. The van der Waals surface area contributed by atoms with Crippen molar-refractivity contribution in [2.45, 2.75) is 52.7 Å². The van der Waals surface area contributed by atoms with Gasteiger partial charge in [0, 0.05) is 20.2 Å². The second-order valence-electron chi connectivity index (χ2n) is 6.75. The van der Waals surface area contributed by atoms with Crippen LogP contribution in [0.25, 0.3) is 0 Å². The zero-order valence-corrected chi connectivity index (χ0v) is 15.0. The molecule has 134 valence electrons. The van der Waals surface area contributed by atoms with Crippen molar-refractivity contribution in [1.29, 1.82) is 0 Å². The summed E-state index contributed by atoms with van der Waals surface area (Å²) < 4.78 is 7.12. The fourth-order valence-electron chi connectivity index (χ4n) is 2.91. The van der Waals surface area contributed by atoms with Gasteiger partial charge in [0.1, 0.15) is 6.10 Å². The Balaban J connectivity index is 1.97. The zero-order valence-electron chi connectivity index (χ0n) is 15.0. The molecular formula is C17H28N4O3. The minimum Gasteiger partial charge on any atom is -0.372 e. The van der Waals surface area contributed by atoms with Gasteiger partial charge in [-0.2, -0.15) is 5.10 Å². The van der Waals surface area contributed by atoms with Gasteiger partial charge in [-0.1, -0.05) is 13.8 Å². The zero-order chi connectivity index (χ0) is 17.7. The predicted octanol–water partition coefficient (Wildman–Crippen LogP) is 1.81. The molecule has 1 N–H and O–H groups in total. The molecule has 2 rings (SSSR count). The highest BCUT2D eigenvalue weighted by Crippen LogP contribution is 2.17. The molecule has 1 aliphatic heterocycles. The number of nitrogens with zero attached hydrogens (tertiary/aromatic N) is 3. The fraction of sp³-hybridized carbons (Fsp3) is 0.706. The van der Waals surface area contributed by atoms with Crippen molar-refractivity contribution in [2.75, 3.05) is 25.5 Å². The summed E-state index contributed by atoms with van der Waals surface area (Å²) in [5, 5.41) is 7.18. The van der Waals surface area contributed by atoms with E-state index in [9.17, 15) is 9.59 Å². The van der Waals surface area contributed by atoms with Crippen molar-refractivity contribution < 1.29 is 14.3 Å². The van der Waals surface area contributed by atoms with Gasteiger partial charge in [-0.05, 0) is 32.1 Å². The molecule has 2 heterocycles. The Hall–Kier alpha value is -1.89. The van der Waals surface area contributed by atoms with E-state index < -0.39 is 6.10 Å². The third-order valence-electron chi connectivity index (χ3n) is 4.27. The third kappa shape index (κ3) is 4.56. The normalized spacial score (nSPS) is 18.8. The Labute approximate surface area is 143 Å². The number of ether oxygens (including phenoxy) is 1. The van der Waals surface area contributed by atoms with Crippen LogP contribution in [0.5, 0.6) is 0 Å². The number of likely N-dealkylation sites (tertiary alicyclic amines) is 1. The van der Waals surface area contributed by atoms with Crippen molar-refractivity contribution in [3.8, 4) is 0 Å². The van der Waals surface area contributed by atoms with Crippen LogP contribution in [0.1, 0.15) is 38.8 Å². The lowest BCUT2D eigenvalue weighted by Crippen LogP contribution is -2.43. The van der Waals surface area contributed by atoms with Crippen LogP contribution < -0.4 is 5.32 Å². The van der Waals surface area contributed by atoms with Crippen LogP contribution in [0.4, 0.5) is 5.69 Å². The van der Waals surface area contributed by atoms with Crippen LogP contribution in [0.15, 0.2) is 6.20 Å². The number of aromatic nitrogens is 2. The summed E-state index contributed by atoms with van der Waals surface area (Å²) in [5.74, 6) is 0.178. The summed E-state index contributed by atoms with van der Waals surface area (Å²) in [6.45, 7) is 7.63. The summed E-state index contributed by atoms with van der Waals surface area (Å²) in [4.78, 5) is 26.3. The first-order valence-corrected chi connectivity index (χ1v) is 8.56. The van der Waals surface area contributed by atoms with Gasteiger partial charge in [0.2, 0.25) is 5.91 Å². The monoisotopic (exact) mass is 336 g/mol. The van der Waals surface area contributed by atoms with E-state index in [4.69, 9.17) is 4.74 Å². The average molecular weight is 336 g/mol. The molecule has 2 amide bonds. The van der Waals surface area contributed by atoms with Crippen LogP contribution in [0.2, 0.25) is 0 Å². The number of nitrogens with one attached hydrogen (secondary N) is 1. The topological polar surface area (TPSA) is 76.5 Å². The number of amides is 2. The maximum Gasteiger partial charge on any atom is 0.252 e. The predicted molar refractivity (Wildman–Crippen MR) is 91.7 cm³/mol. The first kappa shape index (κ1) is 18.4. The summed E-state index contributed by atoms with van der Waals surface area (Å²) in [6.07, 6.45) is 3.77. The van der Waals surface area contributed by atoms with Crippen molar-refractivity contribution in [3.05, 3.63) is 11.9 Å². The number of anilines is 1. The molecule has 0 radical (unpaired) electrons. The van der Waals surface area contributed by atoms with Crippen molar-refractivity contribution in [2.24, 2.45) is 5.92 Å². The van der Waals surface area contributed by atoms with E-state index >= 15 is 0 Å². The molecule has 0 aliphatic carbocycles. The second-order valence-corrected chi connectivity index (χ2v) is 6.75. The molecule has 1 atom stereocenters. The van der Waals surface area contributed by atoms with E-state index in [1.165, 1.54) is 0 Å². The van der Waals surface area contributed by atoms with E-state index in [-0.39, 0.29) is 18.4 Å². The van der Waals surface area contributed by atoms with E-state index in [1.54, 1.807) is 18.2 Å². The maximum atomic E-state index is 12.4. The Morgan fingerprint density at radius 2 is 2.21 bits per heavy atom. The molecule has 1 unspecified atom stereocenters. The van der Waals surface area contributed by atoms with E-state index in [2.05, 4.69) is 24.3 Å². The SMILES string of the molecule is COC1CCCCN(CC(=O)Nc2cnn(CC(C)C)c2C)C1=O. The Kier molecular flexibility index (Phi) is 6.36. The van der Waals surface area contributed by atoms with E-state index in [0.29, 0.717) is 24.6 Å². The summed E-state index contributed by atoms with van der Waals surface area (Å²) in [6, 6.07) is 0. The number of rotatable bonds is 6. The number of methoxy groups -OCH3 is 1. The largest absolute Gasteiger partial charge is 0.372 e. The van der Waals surface area contributed by atoms with E-state index in [0.717, 1.165) is 25.1 Å². The highest BCUT2D eigenvalue weighted by molar-refractivity contribution is 5.95. The average Bonchev–Trinajstić information content (AvgIpc) is 2.75. The Bertz CT molecular complexity index is 582. The molecular weight excluding hydrogens is 308 g/mol. The van der Waals surface area contributed by atoms with Crippen molar-refractivity contribution in [1.82, 2.24) is 14.7 Å². The minimum atomic E-state index is -0.434. The van der Waals surface area contributed by atoms with Crippen molar-refractivity contribution in [3.63, 3.8) is 0 Å². The minimum absolute atomic E-state index is 0.0491. The van der Waals surface area contributed by atoms with Gasteiger partial charge < -0.3 is 15.0 Å². The van der Waals surface area contributed by atoms with Gasteiger partial charge >= 0.3 is 0 Å². The molecule has 1 aromatic heterocycles. The van der Waals surface area contributed by atoms with Gasteiger partial charge in [0.25, 0.3) is 5.91 Å². The van der Waals surface area contributed by atoms with Gasteiger partial charge in [0.15, 0.2) is 0 Å². The second kappa shape index (κ2) is 8.28. The summed E-state index contributed by atoms with van der Waals surface area (Å²) in [7, 11) is 1.54. The molecule has 24 heavy (non-hydrogen) atoms. The van der Waals surface area contributed by atoms with Crippen molar-refractivity contribution >= 4 is 17.5 Å². The highest BCUT2D eigenvalue weighted by Gasteiger charge is 2.28. The summed E-state index contributed by atoms with van der Waals surface area (Å²) in [5.41, 5.74) is 1.63. The van der Waals surface area contributed by atoms with Crippen LogP contribution in [0, 0.1) is 12.8 Å². The van der Waals surface area contributed by atoms with Gasteiger partial charge in [-0.15, -0.1) is 0 Å². The molecule has 1 aromatic rings. The Morgan fingerprint density at radius 3 is 2.88 bits per heavy atom. The van der Waals surface area contributed by atoms with Gasteiger partial charge in [-0.25, -0.2) is 0 Å². The van der Waals surface area contributed by atoms with Crippen LogP contribution in [0.3, 0.4) is 0 Å². The smallest absolute Gasteiger partial charge is 0.252 e. The standard InChI is InChI=1S/C17H28N4O3/c1-12(2)10-21-13(3)14(9-18-21)19-16(22)11-20-8-6-5-7-15(24-4)17(20)23/h9,12,15H,5-8,10-11H2,1-4H3,(H,19,22). The fourth-order valence-corrected chi connectivity index (χ4v) is 2.91. The number of hydrogen-bond acceptors (Lipinski definition) is 4. The molecule has 7 heteroatoms. The first-order chi connectivity index (χ1) is 11.4. The number of hydrogen-bond donors (Lipinski definition) is 1. The molecule has 0 saturated carbocycles. The molecule has 1 aliphatic rings. The number of carbonyl (C=O) groups is 2. The lowest BCUT2D eigenvalue weighted by molar-refractivity contribution is -0.143. The van der Waals surface area contributed by atoms with Crippen LogP contribution in [-0.2, 0) is 20.9 Å². The lowest BCUT2D eigenvalue weighted by atomic mass is 10.2. The third-order valence-corrected chi connectivity index (χ3v) is 4.27. The van der Waals surface area contributed by atoms with Gasteiger partial charge in [-0.3, -0.25) is 14.3 Å². The molecule has 0 aromatic carbocycles. The van der Waals surface area contributed by atoms with Gasteiger partial charge in [0.05, 0.1) is 24.1 Å². The first-order valence-electron chi connectivity index (χ1n) is 8.56. The molecule has 1 fully saturated rings. The van der Waals surface area contributed by atoms with E-state index in [1.807, 2.05) is 11.6 Å². The Morgan fingerprint density at radius 1 is 1.46 bits per heavy atom. The molecule has 0 bridgehead atoms. The molecule has 1 saturated heterocycles. The number of carbonyl (C=O) groups excluding carboxylic acids is 2. The lowest BCUT2D eigenvalue weighted by Gasteiger charge is -2.23.